The second kappa shape index (κ2) is 9.38. The van der Waals surface area contributed by atoms with Gasteiger partial charge < -0.3 is 15.0 Å². The predicted molar refractivity (Wildman–Crippen MR) is 109 cm³/mol. The third kappa shape index (κ3) is 5.21. The average Bonchev–Trinajstić information content (AvgIpc) is 2.65. The maximum atomic E-state index is 6.39. The first-order chi connectivity index (χ1) is 12.6. The van der Waals surface area contributed by atoms with Gasteiger partial charge in [-0.1, -0.05) is 41.9 Å². The monoisotopic (exact) mass is 373 g/mol. The molecule has 0 aromatic heterocycles. The van der Waals surface area contributed by atoms with Crippen LogP contribution in [0.25, 0.3) is 0 Å². The smallest absolute Gasteiger partial charge is 0.0594 e. The zero-order valence-corrected chi connectivity index (χ0v) is 16.4. The number of anilines is 1. The van der Waals surface area contributed by atoms with Crippen molar-refractivity contribution in [2.24, 2.45) is 0 Å². The van der Waals surface area contributed by atoms with E-state index in [-0.39, 0.29) is 0 Å². The maximum absolute atomic E-state index is 6.39. The molecule has 26 heavy (non-hydrogen) atoms. The summed E-state index contributed by atoms with van der Waals surface area (Å²) in [6, 6.07) is 14.9. The fourth-order valence-electron chi connectivity index (χ4n) is 3.25. The van der Waals surface area contributed by atoms with Gasteiger partial charge in [-0.15, -0.1) is 0 Å². The Morgan fingerprint density at radius 1 is 1.00 bits per heavy atom. The maximum Gasteiger partial charge on any atom is 0.0594 e. The molecule has 0 amide bonds. The molecule has 0 radical (unpaired) electrons. The molecule has 2 aromatic rings. The lowest BCUT2D eigenvalue weighted by molar-refractivity contribution is 0.0342. The third-order valence-electron chi connectivity index (χ3n) is 4.74. The highest BCUT2D eigenvalue weighted by Crippen LogP contribution is 2.26. The van der Waals surface area contributed by atoms with Gasteiger partial charge in [0.05, 0.1) is 13.2 Å². The van der Waals surface area contributed by atoms with Crippen molar-refractivity contribution < 1.29 is 4.74 Å². The molecule has 0 spiro atoms. The third-order valence-corrected chi connectivity index (χ3v) is 5.09. The van der Waals surface area contributed by atoms with Crippen LogP contribution in [0.15, 0.2) is 42.5 Å². The van der Waals surface area contributed by atoms with Crippen LogP contribution in [-0.4, -0.2) is 45.3 Å². The first-order valence-corrected chi connectivity index (χ1v) is 9.54. The molecule has 140 valence electrons. The van der Waals surface area contributed by atoms with Gasteiger partial charge in [-0.05, 0) is 23.3 Å². The number of hydrogen-bond acceptors (Lipinski definition) is 4. The number of rotatable bonds is 7. The van der Waals surface area contributed by atoms with E-state index < -0.39 is 0 Å². The molecule has 5 heteroatoms. The molecule has 0 atom stereocenters. The lowest BCUT2D eigenvalue weighted by Gasteiger charge is -2.26. The van der Waals surface area contributed by atoms with E-state index in [4.69, 9.17) is 16.3 Å². The minimum atomic E-state index is 0.753. The predicted octanol–water partition coefficient (Wildman–Crippen LogP) is 3.53. The molecule has 0 saturated carbocycles. The quantitative estimate of drug-likeness (QED) is 0.803. The van der Waals surface area contributed by atoms with Crippen LogP contribution in [0.3, 0.4) is 0 Å². The summed E-state index contributed by atoms with van der Waals surface area (Å²) < 4.78 is 5.41. The summed E-state index contributed by atoms with van der Waals surface area (Å²) >= 11 is 6.39. The Bertz CT molecular complexity index is 697. The van der Waals surface area contributed by atoms with Crippen LogP contribution >= 0.6 is 11.6 Å². The van der Waals surface area contributed by atoms with E-state index in [0.717, 1.165) is 62.2 Å². The van der Waals surface area contributed by atoms with Crippen molar-refractivity contribution in [1.82, 2.24) is 10.2 Å². The van der Waals surface area contributed by atoms with Crippen LogP contribution in [0.4, 0.5) is 5.69 Å². The number of benzene rings is 2. The number of halogens is 1. The molecule has 0 aliphatic carbocycles. The molecule has 1 aliphatic rings. The summed E-state index contributed by atoms with van der Waals surface area (Å²) in [6.07, 6.45) is 0. The summed E-state index contributed by atoms with van der Waals surface area (Å²) in [5.41, 5.74) is 4.94. The van der Waals surface area contributed by atoms with E-state index in [2.05, 4.69) is 45.4 Å². The highest BCUT2D eigenvalue weighted by molar-refractivity contribution is 6.31. The van der Waals surface area contributed by atoms with Crippen molar-refractivity contribution in [2.45, 2.75) is 19.6 Å². The van der Waals surface area contributed by atoms with Gasteiger partial charge in [0.2, 0.25) is 0 Å². The number of hydrogen-bond donors (Lipinski definition) is 1. The minimum Gasteiger partial charge on any atom is -0.379 e. The van der Waals surface area contributed by atoms with Gasteiger partial charge in [-0.25, -0.2) is 0 Å². The lowest BCUT2D eigenvalue weighted by atomic mass is 10.1. The number of nitrogens with one attached hydrogen (secondary N) is 1. The van der Waals surface area contributed by atoms with Gasteiger partial charge in [0.1, 0.15) is 0 Å². The van der Waals surface area contributed by atoms with Crippen molar-refractivity contribution in [3.63, 3.8) is 0 Å². The Morgan fingerprint density at radius 3 is 2.38 bits per heavy atom. The zero-order chi connectivity index (χ0) is 18.4. The van der Waals surface area contributed by atoms with Crippen molar-refractivity contribution in [3.8, 4) is 0 Å². The largest absolute Gasteiger partial charge is 0.379 e. The van der Waals surface area contributed by atoms with Gasteiger partial charge >= 0.3 is 0 Å². The molecule has 1 saturated heterocycles. The standard InChI is InChI=1S/C21H28ClN3O/c1-24(2)21-5-3-4-20(22)19(21)15-23-14-17-6-8-18(9-7-17)16-25-10-12-26-13-11-25/h3-9,23H,10-16H2,1-2H3. The first-order valence-electron chi connectivity index (χ1n) is 9.17. The highest BCUT2D eigenvalue weighted by atomic mass is 35.5. The van der Waals surface area contributed by atoms with Gasteiger partial charge in [-0.3, -0.25) is 4.90 Å². The van der Waals surface area contributed by atoms with E-state index in [1.165, 1.54) is 11.1 Å². The van der Waals surface area contributed by atoms with Crippen molar-refractivity contribution in [3.05, 3.63) is 64.2 Å². The molecule has 1 aliphatic heterocycles. The summed E-state index contributed by atoms with van der Waals surface area (Å²) in [4.78, 5) is 4.54. The van der Waals surface area contributed by atoms with Crippen molar-refractivity contribution >= 4 is 17.3 Å². The fraction of sp³-hybridized carbons (Fsp3) is 0.429. The average molecular weight is 374 g/mol. The lowest BCUT2D eigenvalue weighted by Crippen LogP contribution is -2.35. The second-order valence-corrected chi connectivity index (χ2v) is 7.35. The van der Waals surface area contributed by atoms with E-state index in [1.54, 1.807) is 0 Å². The fourth-order valence-corrected chi connectivity index (χ4v) is 3.49. The number of ether oxygens (including phenoxy) is 1. The molecule has 2 aromatic carbocycles. The Balaban J connectivity index is 1.52. The summed E-state index contributed by atoms with van der Waals surface area (Å²) in [6.45, 7) is 6.32. The van der Waals surface area contributed by atoms with Crippen LogP contribution in [0.1, 0.15) is 16.7 Å². The SMILES string of the molecule is CN(C)c1cccc(Cl)c1CNCc1ccc(CN2CCOCC2)cc1. The van der Waals surface area contributed by atoms with Crippen molar-refractivity contribution in [1.29, 1.82) is 0 Å². The van der Waals surface area contributed by atoms with Crippen LogP contribution < -0.4 is 10.2 Å². The summed E-state index contributed by atoms with van der Waals surface area (Å²) in [7, 11) is 4.09. The molecule has 1 fully saturated rings. The Kier molecular flexibility index (Phi) is 6.92. The summed E-state index contributed by atoms with van der Waals surface area (Å²) in [5, 5.41) is 4.33. The Hall–Kier alpha value is -1.59. The van der Waals surface area contributed by atoms with E-state index >= 15 is 0 Å². The minimum absolute atomic E-state index is 0.753. The van der Waals surface area contributed by atoms with Crippen LogP contribution in [-0.2, 0) is 24.4 Å². The van der Waals surface area contributed by atoms with Crippen LogP contribution in [0.5, 0.6) is 0 Å². The molecule has 1 heterocycles. The summed E-state index contributed by atoms with van der Waals surface area (Å²) in [5.74, 6) is 0. The van der Waals surface area contributed by atoms with Crippen molar-refractivity contribution in [2.75, 3.05) is 45.3 Å². The molecule has 4 nitrogen and oxygen atoms in total. The van der Waals surface area contributed by atoms with E-state index in [9.17, 15) is 0 Å². The van der Waals surface area contributed by atoms with Gasteiger partial charge in [0.15, 0.2) is 0 Å². The molecule has 0 bridgehead atoms. The van der Waals surface area contributed by atoms with Crippen LogP contribution in [0.2, 0.25) is 5.02 Å². The normalized spacial score (nSPS) is 15.2. The molecule has 3 rings (SSSR count). The topological polar surface area (TPSA) is 27.7 Å². The first kappa shape index (κ1) is 19.2. The number of nitrogens with zero attached hydrogens (tertiary/aromatic N) is 2. The highest BCUT2D eigenvalue weighted by Gasteiger charge is 2.11. The van der Waals surface area contributed by atoms with Gasteiger partial charge in [0.25, 0.3) is 0 Å². The Morgan fingerprint density at radius 2 is 1.69 bits per heavy atom. The molecule has 0 unspecified atom stereocenters. The Labute approximate surface area is 161 Å². The van der Waals surface area contributed by atoms with Crippen LogP contribution in [0, 0.1) is 0 Å². The second-order valence-electron chi connectivity index (χ2n) is 6.94. The van der Waals surface area contributed by atoms with Gasteiger partial charge in [-0.2, -0.15) is 0 Å². The molecule has 1 N–H and O–H groups in total. The number of morpholine rings is 1. The van der Waals surface area contributed by atoms with E-state index in [1.807, 2.05) is 26.2 Å². The van der Waals surface area contributed by atoms with E-state index in [0.29, 0.717) is 0 Å². The van der Waals surface area contributed by atoms with Gasteiger partial charge in [0, 0.05) is 63.1 Å². The molecular formula is C21H28ClN3O. The molecular weight excluding hydrogens is 346 g/mol. The zero-order valence-electron chi connectivity index (χ0n) is 15.7.